The number of rotatable bonds is 3. The quantitative estimate of drug-likeness (QED) is 0.711. The third kappa shape index (κ3) is 2.27. The summed E-state index contributed by atoms with van der Waals surface area (Å²) in [6.45, 7) is 4.77. The Morgan fingerprint density at radius 1 is 1.44 bits per heavy atom. The van der Waals surface area contributed by atoms with Crippen LogP contribution in [0.5, 0.6) is 0 Å². The minimum atomic E-state index is -1.08. The molecule has 0 spiro atoms. The molecule has 0 aliphatic carbocycles. The van der Waals surface area contributed by atoms with E-state index >= 15 is 0 Å². The van der Waals surface area contributed by atoms with Crippen LogP contribution in [-0.4, -0.2) is 34.4 Å². The number of amides is 1. The number of nitrogens with one attached hydrogen (secondary N) is 2. The smallest absolute Gasteiger partial charge is 0.340 e. The fourth-order valence-corrected chi connectivity index (χ4v) is 2.36. The molecule has 96 valence electrons. The summed E-state index contributed by atoms with van der Waals surface area (Å²) in [5.74, 6) is -1.34. The number of carbonyl (C=O) groups is 2. The Balaban J connectivity index is 2.19. The van der Waals surface area contributed by atoms with Gasteiger partial charge in [0.2, 0.25) is 0 Å². The van der Waals surface area contributed by atoms with Crippen molar-refractivity contribution in [3.63, 3.8) is 0 Å². The topological polar surface area (TPSA) is 91.3 Å². The van der Waals surface area contributed by atoms with Crippen LogP contribution >= 0.6 is 11.5 Å². The van der Waals surface area contributed by atoms with E-state index in [9.17, 15) is 9.59 Å². The van der Waals surface area contributed by atoms with Crippen LogP contribution in [0.1, 0.15) is 23.0 Å². The highest BCUT2D eigenvalue weighted by atomic mass is 32.1. The summed E-state index contributed by atoms with van der Waals surface area (Å²) in [6, 6.07) is 0. The molecule has 1 fully saturated rings. The Hall–Kier alpha value is -1.73. The van der Waals surface area contributed by atoms with Gasteiger partial charge < -0.3 is 15.7 Å². The molecule has 0 bridgehead atoms. The fourth-order valence-electron chi connectivity index (χ4n) is 1.58. The standard InChI is InChI=1S/C11H13N3O3S/c1-5(7-3-12-4-7)9(15)13-10-8(11(16)17)6(2)14-18-10/h12H,3-4H2,1-2H3,(H,13,15)(H,16,17). The van der Waals surface area contributed by atoms with E-state index in [4.69, 9.17) is 5.11 Å². The molecule has 0 atom stereocenters. The number of carbonyl (C=O) groups excluding carboxylic acids is 1. The van der Waals surface area contributed by atoms with Crippen molar-refractivity contribution in [2.45, 2.75) is 13.8 Å². The van der Waals surface area contributed by atoms with Crippen LogP contribution in [0.25, 0.3) is 0 Å². The molecule has 0 radical (unpaired) electrons. The highest BCUT2D eigenvalue weighted by molar-refractivity contribution is 7.11. The van der Waals surface area contributed by atoms with E-state index in [1.807, 2.05) is 0 Å². The Labute approximate surface area is 108 Å². The molecule has 2 heterocycles. The van der Waals surface area contributed by atoms with Gasteiger partial charge in [-0.2, -0.15) is 4.37 Å². The van der Waals surface area contributed by atoms with Gasteiger partial charge >= 0.3 is 5.97 Å². The third-order valence-corrected chi connectivity index (χ3v) is 3.71. The van der Waals surface area contributed by atoms with E-state index in [0.29, 0.717) is 24.4 Å². The van der Waals surface area contributed by atoms with Crippen molar-refractivity contribution in [1.29, 1.82) is 0 Å². The molecule has 1 aliphatic heterocycles. The molecule has 1 aromatic rings. The van der Waals surface area contributed by atoms with Gasteiger partial charge in [0, 0.05) is 18.7 Å². The predicted octanol–water partition coefficient (Wildman–Crippen LogP) is 1.01. The molecular weight excluding hydrogens is 254 g/mol. The normalized spacial score (nSPS) is 14.0. The fraction of sp³-hybridized carbons (Fsp3) is 0.364. The van der Waals surface area contributed by atoms with Crippen LogP contribution in [-0.2, 0) is 4.79 Å². The van der Waals surface area contributed by atoms with Crippen LogP contribution < -0.4 is 10.6 Å². The third-order valence-electron chi connectivity index (χ3n) is 2.85. The molecule has 1 aromatic heterocycles. The lowest BCUT2D eigenvalue weighted by Gasteiger charge is -2.21. The number of hydrogen-bond donors (Lipinski definition) is 3. The number of carboxylic acids is 1. The Kier molecular flexibility index (Phi) is 3.44. The van der Waals surface area contributed by atoms with Crippen molar-refractivity contribution in [2.24, 2.45) is 0 Å². The summed E-state index contributed by atoms with van der Waals surface area (Å²) < 4.78 is 3.95. The van der Waals surface area contributed by atoms with Crippen molar-refractivity contribution in [1.82, 2.24) is 9.69 Å². The lowest BCUT2D eigenvalue weighted by molar-refractivity contribution is -0.112. The molecule has 3 N–H and O–H groups in total. The van der Waals surface area contributed by atoms with Crippen molar-refractivity contribution in [3.05, 3.63) is 22.4 Å². The molecule has 0 saturated carbocycles. The second-order valence-corrected chi connectivity index (χ2v) is 4.84. The zero-order valence-electron chi connectivity index (χ0n) is 10.0. The van der Waals surface area contributed by atoms with Gasteiger partial charge in [-0.15, -0.1) is 0 Å². The number of carboxylic acid groups (broad SMARTS) is 1. The first kappa shape index (κ1) is 12.7. The number of hydrogen-bond acceptors (Lipinski definition) is 5. The summed E-state index contributed by atoms with van der Waals surface area (Å²) in [5.41, 5.74) is 2.16. The van der Waals surface area contributed by atoms with Crippen LogP contribution in [0.3, 0.4) is 0 Å². The molecule has 1 saturated heterocycles. The van der Waals surface area contributed by atoms with Crippen LogP contribution in [0.4, 0.5) is 5.00 Å². The summed E-state index contributed by atoms with van der Waals surface area (Å²) in [7, 11) is 0. The van der Waals surface area contributed by atoms with Gasteiger partial charge in [0.25, 0.3) is 5.91 Å². The Morgan fingerprint density at radius 3 is 2.61 bits per heavy atom. The maximum absolute atomic E-state index is 11.9. The van der Waals surface area contributed by atoms with Crippen molar-refractivity contribution >= 4 is 28.4 Å². The van der Waals surface area contributed by atoms with Gasteiger partial charge in [-0.05, 0) is 31.0 Å². The highest BCUT2D eigenvalue weighted by Gasteiger charge is 2.21. The van der Waals surface area contributed by atoms with Gasteiger partial charge in [-0.3, -0.25) is 4.79 Å². The van der Waals surface area contributed by atoms with E-state index in [2.05, 4.69) is 15.0 Å². The van der Waals surface area contributed by atoms with Gasteiger partial charge in [0.1, 0.15) is 10.6 Å². The number of aryl methyl sites for hydroxylation is 1. The van der Waals surface area contributed by atoms with E-state index < -0.39 is 5.97 Å². The summed E-state index contributed by atoms with van der Waals surface area (Å²) >= 11 is 0.987. The minimum Gasteiger partial charge on any atom is -0.478 e. The Morgan fingerprint density at radius 2 is 2.11 bits per heavy atom. The second kappa shape index (κ2) is 4.87. The zero-order chi connectivity index (χ0) is 13.3. The van der Waals surface area contributed by atoms with E-state index in [0.717, 1.165) is 17.1 Å². The number of anilines is 1. The zero-order valence-corrected chi connectivity index (χ0v) is 10.8. The maximum atomic E-state index is 11.9. The monoisotopic (exact) mass is 267 g/mol. The molecule has 1 aliphatic rings. The van der Waals surface area contributed by atoms with E-state index in [1.54, 1.807) is 13.8 Å². The van der Waals surface area contributed by atoms with E-state index in [-0.39, 0.29) is 16.5 Å². The van der Waals surface area contributed by atoms with Gasteiger partial charge in [0.15, 0.2) is 0 Å². The molecule has 0 aromatic carbocycles. The first-order valence-corrected chi connectivity index (χ1v) is 6.18. The maximum Gasteiger partial charge on any atom is 0.340 e. The van der Waals surface area contributed by atoms with Gasteiger partial charge in [-0.25, -0.2) is 4.79 Å². The number of nitrogens with zero attached hydrogens (tertiary/aromatic N) is 1. The van der Waals surface area contributed by atoms with E-state index in [1.165, 1.54) is 0 Å². The van der Waals surface area contributed by atoms with Crippen molar-refractivity contribution < 1.29 is 14.7 Å². The molecule has 0 unspecified atom stereocenters. The average molecular weight is 267 g/mol. The molecular formula is C11H13N3O3S. The van der Waals surface area contributed by atoms with Crippen LogP contribution in [0.15, 0.2) is 11.1 Å². The first-order chi connectivity index (χ1) is 8.50. The van der Waals surface area contributed by atoms with Crippen LogP contribution in [0.2, 0.25) is 0 Å². The lowest BCUT2D eigenvalue weighted by Crippen LogP contribution is -2.36. The summed E-state index contributed by atoms with van der Waals surface area (Å²) in [6.07, 6.45) is 0. The summed E-state index contributed by atoms with van der Waals surface area (Å²) in [4.78, 5) is 23.0. The molecule has 6 nitrogen and oxygen atoms in total. The van der Waals surface area contributed by atoms with Crippen LogP contribution in [0, 0.1) is 6.92 Å². The van der Waals surface area contributed by atoms with Gasteiger partial charge in [-0.1, -0.05) is 0 Å². The molecule has 7 heteroatoms. The first-order valence-electron chi connectivity index (χ1n) is 5.41. The summed E-state index contributed by atoms with van der Waals surface area (Å²) in [5, 5.41) is 15.0. The SMILES string of the molecule is CC(C(=O)Nc1snc(C)c1C(=O)O)=C1CNC1. The average Bonchev–Trinajstić information content (AvgIpc) is 2.56. The largest absolute Gasteiger partial charge is 0.478 e. The molecule has 2 rings (SSSR count). The minimum absolute atomic E-state index is 0.0675. The highest BCUT2D eigenvalue weighted by Crippen LogP contribution is 2.25. The van der Waals surface area contributed by atoms with Gasteiger partial charge in [0.05, 0.1) is 5.69 Å². The number of aromatic nitrogens is 1. The van der Waals surface area contributed by atoms with Crippen molar-refractivity contribution in [3.8, 4) is 0 Å². The lowest BCUT2D eigenvalue weighted by atomic mass is 10.0. The Bertz CT molecular complexity index is 542. The molecule has 18 heavy (non-hydrogen) atoms. The number of aromatic carboxylic acids is 1. The van der Waals surface area contributed by atoms with Crippen molar-refractivity contribution in [2.75, 3.05) is 18.4 Å². The second-order valence-electron chi connectivity index (χ2n) is 4.06. The molecule has 1 amide bonds. The predicted molar refractivity (Wildman–Crippen MR) is 68.0 cm³/mol.